The first-order chi connectivity index (χ1) is 17.7. The van der Waals surface area contributed by atoms with Crippen LogP contribution in [0.4, 0.5) is 14.6 Å². The van der Waals surface area contributed by atoms with E-state index >= 15 is 8.78 Å². The standard InChI is InChI=1S/C27H26F2N4O4/c28-27(29)15-33(26(36)19-3-5-21(34)12-19)10-8-23(27)37-22-6-4-17(11-20(22)14-30)18-7-9-31-24(13-18)32-25(35)16-1-2-16/h4,6-7,9,11,13,16,19,23H,1-3,5,8,10,12,15H2,(H,31,32,35)/t19?,23-/m0/s1. The Balaban J connectivity index is 1.27. The SMILES string of the molecule is N#Cc1cc(-c2ccnc(NC(=O)C3CC3)c2)ccc1O[C@H]1CCN(C(=O)C2CCC(=O)C2)CC1(F)F. The summed E-state index contributed by atoms with van der Waals surface area (Å²) < 4.78 is 35.6. The van der Waals surface area contributed by atoms with Crippen LogP contribution in [0.25, 0.3) is 11.1 Å². The van der Waals surface area contributed by atoms with Gasteiger partial charge in [-0.1, -0.05) is 6.07 Å². The van der Waals surface area contributed by atoms with Crippen molar-refractivity contribution in [3.8, 4) is 22.9 Å². The molecule has 1 saturated heterocycles. The first-order valence-electron chi connectivity index (χ1n) is 12.4. The van der Waals surface area contributed by atoms with Crippen molar-refractivity contribution in [2.45, 2.75) is 50.6 Å². The number of nitriles is 1. The highest BCUT2D eigenvalue weighted by Gasteiger charge is 2.49. The Kier molecular flexibility index (Phi) is 6.63. The highest BCUT2D eigenvalue weighted by atomic mass is 19.3. The molecule has 1 aromatic heterocycles. The lowest BCUT2D eigenvalue weighted by Gasteiger charge is -2.39. The molecule has 3 fully saturated rings. The second-order valence-electron chi connectivity index (χ2n) is 9.91. The van der Waals surface area contributed by atoms with Crippen molar-refractivity contribution in [1.29, 1.82) is 5.26 Å². The van der Waals surface area contributed by atoms with Gasteiger partial charge in [-0.3, -0.25) is 14.4 Å². The maximum Gasteiger partial charge on any atom is 0.301 e. The third-order valence-corrected chi connectivity index (χ3v) is 7.10. The van der Waals surface area contributed by atoms with Gasteiger partial charge in [-0.2, -0.15) is 5.26 Å². The number of benzene rings is 1. The van der Waals surface area contributed by atoms with Crippen molar-refractivity contribution < 1.29 is 27.9 Å². The van der Waals surface area contributed by atoms with Crippen molar-refractivity contribution >= 4 is 23.4 Å². The molecule has 2 saturated carbocycles. The van der Waals surface area contributed by atoms with Crippen LogP contribution in [-0.4, -0.2) is 52.6 Å². The molecule has 10 heteroatoms. The van der Waals surface area contributed by atoms with Crippen LogP contribution in [0.2, 0.25) is 0 Å². The van der Waals surface area contributed by atoms with Gasteiger partial charge in [0, 0.05) is 43.8 Å². The predicted molar refractivity (Wildman–Crippen MR) is 129 cm³/mol. The molecule has 2 atom stereocenters. The number of alkyl halides is 2. The lowest BCUT2D eigenvalue weighted by molar-refractivity contribution is -0.163. The second kappa shape index (κ2) is 9.88. The van der Waals surface area contributed by atoms with Gasteiger partial charge in [-0.05, 0) is 54.7 Å². The van der Waals surface area contributed by atoms with Gasteiger partial charge in [0.2, 0.25) is 11.8 Å². The third kappa shape index (κ3) is 5.45. The number of hydrogen-bond donors (Lipinski definition) is 1. The molecule has 192 valence electrons. The Morgan fingerprint density at radius 1 is 1.11 bits per heavy atom. The van der Waals surface area contributed by atoms with E-state index < -0.39 is 30.4 Å². The molecule has 0 bridgehead atoms. The van der Waals surface area contributed by atoms with Crippen LogP contribution in [0.1, 0.15) is 44.1 Å². The molecule has 0 spiro atoms. The van der Waals surface area contributed by atoms with E-state index in [1.165, 1.54) is 6.07 Å². The minimum atomic E-state index is -3.32. The van der Waals surface area contributed by atoms with Crippen molar-refractivity contribution in [1.82, 2.24) is 9.88 Å². The number of rotatable bonds is 6. The van der Waals surface area contributed by atoms with Gasteiger partial charge >= 0.3 is 5.92 Å². The zero-order chi connectivity index (χ0) is 26.2. The molecular formula is C27H26F2N4O4. The number of amides is 2. The molecule has 1 N–H and O–H groups in total. The van der Waals surface area contributed by atoms with E-state index in [0.717, 1.165) is 17.7 Å². The highest BCUT2D eigenvalue weighted by Crippen LogP contribution is 2.36. The maximum absolute atomic E-state index is 15.0. The number of halogens is 2. The summed E-state index contributed by atoms with van der Waals surface area (Å²) in [6, 6.07) is 10.1. The smallest absolute Gasteiger partial charge is 0.301 e. The molecule has 2 heterocycles. The van der Waals surface area contributed by atoms with Crippen molar-refractivity contribution in [3.63, 3.8) is 0 Å². The van der Waals surface area contributed by atoms with Gasteiger partial charge in [0.15, 0.2) is 6.10 Å². The number of likely N-dealkylation sites (tertiary alicyclic amines) is 1. The topological polar surface area (TPSA) is 112 Å². The predicted octanol–water partition coefficient (Wildman–Crippen LogP) is 3.95. The number of carbonyl (C=O) groups is 3. The van der Waals surface area contributed by atoms with E-state index in [-0.39, 0.29) is 48.3 Å². The normalized spacial score (nSPS) is 22.8. The molecule has 5 rings (SSSR count). The van der Waals surface area contributed by atoms with Crippen LogP contribution in [0.5, 0.6) is 5.75 Å². The fraction of sp³-hybridized carbons (Fsp3) is 0.444. The first kappa shape index (κ1) is 24.8. The third-order valence-electron chi connectivity index (χ3n) is 7.10. The summed E-state index contributed by atoms with van der Waals surface area (Å²) in [4.78, 5) is 41.4. The number of ether oxygens (including phenoxy) is 1. The Morgan fingerprint density at radius 2 is 1.89 bits per heavy atom. The fourth-order valence-electron chi connectivity index (χ4n) is 4.84. The number of ketones is 1. The summed E-state index contributed by atoms with van der Waals surface area (Å²) in [6.45, 7) is -0.691. The Bertz CT molecular complexity index is 1290. The number of nitrogens with zero attached hydrogens (tertiary/aromatic N) is 3. The lowest BCUT2D eigenvalue weighted by Crippen LogP contribution is -2.56. The van der Waals surface area contributed by atoms with Crippen molar-refractivity contribution in [2.24, 2.45) is 11.8 Å². The average molecular weight is 509 g/mol. The van der Waals surface area contributed by atoms with Crippen LogP contribution in [0, 0.1) is 23.2 Å². The molecule has 1 aromatic carbocycles. The number of nitrogens with one attached hydrogen (secondary N) is 1. The van der Waals surface area contributed by atoms with Gasteiger partial charge in [-0.15, -0.1) is 0 Å². The lowest BCUT2D eigenvalue weighted by atomic mass is 9.99. The van der Waals surface area contributed by atoms with Crippen LogP contribution in [0.3, 0.4) is 0 Å². The maximum atomic E-state index is 15.0. The van der Waals surface area contributed by atoms with Crippen LogP contribution < -0.4 is 10.1 Å². The summed E-state index contributed by atoms with van der Waals surface area (Å²) in [6.07, 6.45) is 2.53. The number of piperidine rings is 1. The van der Waals surface area contributed by atoms with E-state index in [2.05, 4.69) is 10.3 Å². The molecule has 1 aliphatic heterocycles. The van der Waals surface area contributed by atoms with E-state index in [9.17, 15) is 19.6 Å². The number of anilines is 1. The fourth-order valence-corrected chi connectivity index (χ4v) is 4.84. The zero-order valence-electron chi connectivity index (χ0n) is 20.1. The minimum Gasteiger partial charge on any atom is -0.483 e. The van der Waals surface area contributed by atoms with Gasteiger partial charge in [0.25, 0.3) is 0 Å². The Morgan fingerprint density at radius 3 is 2.57 bits per heavy atom. The van der Waals surface area contributed by atoms with Crippen molar-refractivity contribution in [3.05, 3.63) is 42.1 Å². The second-order valence-corrected chi connectivity index (χ2v) is 9.91. The quantitative estimate of drug-likeness (QED) is 0.632. The van der Waals surface area contributed by atoms with E-state index in [1.807, 2.05) is 6.07 Å². The monoisotopic (exact) mass is 508 g/mol. The summed E-state index contributed by atoms with van der Waals surface area (Å²) in [5, 5.41) is 12.5. The van der Waals surface area contributed by atoms with Crippen LogP contribution in [-0.2, 0) is 14.4 Å². The van der Waals surface area contributed by atoms with Gasteiger partial charge in [-0.25, -0.2) is 13.8 Å². The van der Waals surface area contributed by atoms with E-state index in [4.69, 9.17) is 4.74 Å². The number of aromatic nitrogens is 1. The first-order valence-corrected chi connectivity index (χ1v) is 12.4. The summed E-state index contributed by atoms with van der Waals surface area (Å²) in [5.41, 5.74) is 1.44. The molecule has 37 heavy (non-hydrogen) atoms. The number of hydrogen-bond acceptors (Lipinski definition) is 6. The Labute approximate surface area is 212 Å². The van der Waals surface area contributed by atoms with E-state index in [1.54, 1.807) is 30.5 Å². The van der Waals surface area contributed by atoms with Crippen molar-refractivity contribution in [2.75, 3.05) is 18.4 Å². The molecule has 3 aliphatic rings. The van der Waals surface area contributed by atoms with Gasteiger partial charge < -0.3 is 15.0 Å². The molecule has 0 radical (unpaired) electrons. The van der Waals surface area contributed by atoms with E-state index in [0.29, 0.717) is 29.8 Å². The number of carbonyl (C=O) groups excluding carboxylic acids is 3. The molecule has 2 amide bonds. The van der Waals surface area contributed by atoms with Crippen LogP contribution >= 0.6 is 0 Å². The highest BCUT2D eigenvalue weighted by molar-refractivity contribution is 5.93. The summed E-state index contributed by atoms with van der Waals surface area (Å²) in [7, 11) is 0. The zero-order valence-corrected chi connectivity index (χ0v) is 20.1. The number of pyridine rings is 1. The molecular weight excluding hydrogens is 482 g/mol. The van der Waals surface area contributed by atoms with Gasteiger partial charge in [0.1, 0.15) is 23.4 Å². The summed E-state index contributed by atoms with van der Waals surface area (Å²) in [5.74, 6) is -3.86. The average Bonchev–Trinajstić information content (AvgIpc) is 3.65. The number of Topliss-reactive ketones (excluding diaryl/α,β-unsaturated/α-hetero) is 1. The molecule has 1 unspecified atom stereocenters. The van der Waals surface area contributed by atoms with Crippen LogP contribution in [0.15, 0.2) is 36.5 Å². The molecule has 2 aliphatic carbocycles. The molecule has 2 aromatic rings. The Hall–Kier alpha value is -3.87. The minimum absolute atomic E-state index is 0.0122. The largest absolute Gasteiger partial charge is 0.483 e. The molecule has 8 nitrogen and oxygen atoms in total. The van der Waals surface area contributed by atoms with Gasteiger partial charge in [0.05, 0.1) is 12.1 Å². The summed E-state index contributed by atoms with van der Waals surface area (Å²) >= 11 is 0.